The highest BCUT2D eigenvalue weighted by Crippen LogP contribution is 2.34. The molecule has 32 heavy (non-hydrogen) atoms. The number of aromatic carboxylic acids is 1. The molecule has 0 atom stereocenters. The molecule has 1 N–H and O–H groups in total. The highest BCUT2D eigenvalue weighted by atomic mass is 35.5. The number of benzene rings is 3. The van der Waals surface area contributed by atoms with Gasteiger partial charge in [0, 0.05) is 21.5 Å². The van der Waals surface area contributed by atoms with Crippen molar-refractivity contribution < 1.29 is 19.4 Å². The number of hydrogen-bond donors (Lipinski definition) is 1. The summed E-state index contributed by atoms with van der Waals surface area (Å²) in [6.45, 7) is 1.95. The molecule has 0 amide bonds. The normalized spacial score (nSPS) is 10.7. The first-order valence-electron chi connectivity index (χ1n) is 9.66. The van der Waals surface area contributed by atoms with Crippen LogP contribution >= 0.6 is 22.9 Å². The number of methoxy groups -OCH3 is 1. The second kappa shape index (κ2) is 8.94. The fourth-order valence-electron chi connectivity index (χ4n) is 3.34. The van der Waals surface area contributed by atoms with Gasteiger partial charge < -0.3 is 9.84 Å². The smallest absolute Gasteiger partial charge is 0.338 e. The molecule has 0 radical (unpaired) electrons. The minimum Gasteiger partial charge on any atom is -0.478 e. The van der Waals surface area contributed by atoms with Gasteiger partial charge in [-0.05, 0) is 53.9 Å². The van der Waals surface area contributed by atoms with Crippen LogP contribution in [0.5, 0.6) is 0 Å². The second-order valence-corrected chi connectivity index (χ2v) is 8.40. The van der Waals surface area contributed by atoms with Crippen molar-refractivity contribution in [1.29, 1.82) is 0 Å². The van der Waals surface area contributed by atoms with Crippen LogP contribution in [-0.2, 0) is 4.74 Å². The van der Waals surface area contributed by atoms with E-state index in [1.54, 1.807) is 18.2 Å². The van der Waals surface area contributed by atoms with Gasteiger partial charge in [-0.25, -0.2) is 14.6 Å². The molecule has 1 aromatic heterocycles. The number of hydrogen-bond acceptors (Lipinski definition) is 5. The molecule has 160 valence electrons. The lowest BCUT2D eigenvalue weighted by molar-refractivity contribution is 0.0600. The summed E-state index contributed by atoms with van der Waals surface area (Å²) in [5.74, 6) is -1.48. The number of aryl methyl sites for hydroxylation is 1. The van der Waals surface area contributed by atoms with Crippen LogP contribution in [-0.4, -0.2) is 29.1 Å². The molecule has 0 spiro atoms. The van der Waals surface area contributed by atoms with Crippen LogP contribution in [0, 0.1) is 6.92 Å². The number of carbonyl (C=O) groups excluding carboxylic acids is 1. The van der Waals surface area contributed by atoms with E-state index in [0.717, 1.165) is 33.0 Å². The highest BCUT2D eigenvalue weighted by Gasteiger charge is 2.17. The Morgan fingerprint density at radius 3 is 2.31 bits per heavy atom. The lowest BCUT2D eigenvalue weighted by Crippen LogP contribution is -2.04. The standard InChI is InChI=1S/C25H18ClNO4S/c1-14-11-17(8-10-21(14)26)22-13-32-23(27-22)18-7-9-19(20(12-18)25(30)31-2)15-3-5-16(6-4-15)24(28)29/h3-13H,1-2H3,(H,28,29). The van der Waals surface area contributed by atoms with E-state index in [1.807, 2.05) is 42.6 Å². The Balaban J connectivity index is 1.73. The molecule has 4 rings (SSSR count). The van der Waals surface area contributed by atoms with E-state index in [2.05, 4.69) is 0 Å². The summed E-state index contributed by atoms with van der Waals surface area (Å²) in [6, 6.07) is 17.6. The number of esters is 1. The zero-order chi connectivity index (χ0) is 22.8. The Morgan fingerprint density at radius 1 is 0.969 bits per heavy atom. The highest BCUT2D eigenvalue weighted by molar-refractivity contribution is 7.13. The Morgan fingerprint density at radius 2 is 1.66 bits per heavy atom. The van der Waals surface area contributed by atoms with Gasteiger partial charge in [0.25, 0.3) is 0 Å². The minimum absolute atomic E-state index is 0.178. The Kier molecular flexibility index (Phi) is 6.08. The second-order valence-electron chi connectivity index (χ2n) is 7.14. The van der Waals surface area contributed by atoms with Gasteiger partial charge in [0.05, 0.1) is 23.9 Å². The maximum Gasteiger partial charge on any atom is 0.338 e. The molecule has 0 fully saturated rings. The fourth-order valence-corrected chi connectivity index (χ4v) is 4.29. The zero-order valence-corrected chi connectivity index (χ0v) is 18.8. The monoisotopic (exact) mass is 463 g/mol. The first-order chi connectivity index (χ1) is 15.4. The average Bonchev–Trinajstić information content (AvgIpc) is 3.30. The van der Waals surface area contributed by atoms with Gasteiger partial charge in [0.2, 0.25) is 0 Å². The first-order valence-corrected chi connectivity index (χ1v) is 10.9. The molecular weight excluding hydrogens is 446 g/mol. The van der Waals surface area contributed by atoms with E-state index in [4.69, 9.17) is 26.4 Å². The molecule has 0 saturated carbocycles. The predicted octanol–water partition coefficient (Wildman–Crippen LogP) is 6.59. The third-order valence-electron chi connectivity index (χ3n) is 5.07. The van der Waals surface area contributed by atoms with Crippen LogP contribution in [0.4, 0.5) is 0 Å². The molecule has 3 aromatic carbocycles. The number of ether oxygens (including phenoxy) is 1. The lowest BCUT2D eigenvalue weighted by Gasteiger charge is -2.10. The summed E-state index contributed by atoms with van der Waals surface area (Å²) in [5.41, 5.74) is 5.50. The van der Waals surface area contributed by atoms with Crippen molar-refractivity contribution in [2.24, 2.45) is 0 Å². The van der Waals surface area contributed by atoms with Crippen molar-refractivity contribution in [1.82, 2.24) is 4.98 Å². The van der Waals surface area contributed by atoms with E-state index in [0.29, 0.717) is 16.1 Å². The molecule has 0 aliphatic rings. The van der Waals surface area contributed by atoms with E-state index in [-0.39, 0.29) is 5.56 Å². The molecule has 4 aromatic rings. The number of carbonyl (C=O) groups is 2. The van der Waals surface area contributed by atoms with Crippen LogP contribution in [0.3, 0.4) is 0 Å². The predicted molar refractivity (Wildman–Crippen MR) is 126 cm³/mol. The summed E-state index contributed by atoms with van der Waals surface area (Å²) >= 11 is 7.61. The fraction of sp³-hybridized carbons (Fsp3) is 0.0800. The lowest BCUT2D eigenvalue weighted by atomic mass is 9.96. The van der Waals surface area contributed by atoms with Crippen LogP contribution in [0.25, 0.3) is 33.0 Å². The van der Waals surface area contributed by atoms with Gasteiger partial charge in [-0.1, -0.05) is 41.9 Å². The number of nitrogens with zero attached hydrogens (tertiary/aromatic N) is 1. The molecule has 0 aliphatic heterocycles. The van der Waals surface area contributed by atoms with E-state index < -0.39 is 11.9 Å². The summed E-state index contributed by atoms with van der Waals surface area (Å²) < 4.78 is 4.99. The van der Waals surface area contributed by atoms with Gasteiger partial charge in [0.1, 0.15) is 5.01 Å². The largest absolute Gasteiger partial charge is 0.478 e. The van der Waals surface area contributed by atoms with Gasteiger partial charge in [0.15, 0.2) is 0 Å². The molecule has 7 heteroatoms. The maximum atomic E-state index is 12.5. The number of thiazole rings is 1. The van der Waals surface area contributed by atoms with Crippen LogP contribution in [0.15, 0.2) is 66.0 Å². The molecule has 0 bridgehead atoms. The third kappa shape index (κ3) is 4.28. The topological polar surface area (TPSA) is 76.5 Å². The number of halogens is 1. The van der Waals surface area contributed by atoms with Gasteiger partial charge in [-0.2, -0.15) is 0 Å². The molecule has 5 nitrogen and oxygen atoms in total. The third-order valence-corrected chi connectivity index (χ3v) is 6.39. The van der Waals surface area contributed by atoms with Crippen LogP contribution < -0.4 is 0 Å². The molecule has 1 heterocycles. The average molecular weight is 464 g/mol. The van der Waals surface area contributed by atoms with Gasteiger partial charge in [-0.3, -0.25) is 0 Å². The van der Waals surface area contributed by atoms with Crippen molar-refractivity contribution in [2.75, 3.05) is 7.11 Å². The number of carboxylic acid groups (broad SMARTS) is 1. The van der Waals surface area contributed by atoms with E-state index in [1.165, 1.54) is 30.6 Å². The van der Waals surface area contributed by atoms with Crippen LogP contribution in [0.1, 0.15) is 26.3 Å². The van der Waals surface area contributed by atoms with Crippen molar-refractivity contribution in [3.8, 4) is 33.0 Å². The minimum atomic E-state index is -1.00. The maximum absolute atomic E-state index is 12.5. The summed E-state index contributed by atoms with van der Waals surface area (Å²) in [5, 5.41) is 12.6. The first kappa shape index (κ1) is 21.7. The quantitative estimate of drug-likeness (QED) is 0.338. The number of carboxylic acids is 1. The van der Waals surface area contributed by atoms with Crippen molar-refractivity contribution >= 4 is 34.9 Å². The summed E-state index contributed by atoms with van der Waals surface area (Å²) in [6.07, 6.45) is 0. The molecule has 0 aliphatic carbocycles. The number of aromatic nitrogens is 1. The van der Waals surface area contributed by atoms with Crippen molar-refractivity contribution in [3.05, 3.63) is 87.8 Å². The molecule has 0 unspecified atom stereocenters. The summed E-state index contributed by atoms with van der Waals surface area (Å²) in [4.78, 5) is 28.4. The molecule has 0 saturated heterocycles. The Hall–Kier alpha value is -3.48. The van der Waals surface area contributed by atoms with Crippen LogP contribution in [0.2, 0.25) is 5.02 Å². The van der Waals surface area contributed by atoms with E-state index in [9.17, 15) is 9.59 Å². The van der Waals surface area contributed by atoms with Gasteiger partial charge >= 0.3 is 11.9 Å². The SMILES string of the molecule is COC(=O)c1cc(-c2nc(-c3ccc(Cl)c(C)c3)cs2)ccc1-c1ccc(C(=O)O)cc1. The van der Waals surface area contributed by atoms with E-state index >= 15 is 0 Å². The Labute approximate surface area is 193 Å². The zero-order valence-electron chi connectivity index (χ0n) is 17.3. The Bertz CT molecular complexity index is 1330. The molecular formula is C25H18ClNO4S. The number of rotatable bonds is 5. The van der Waals surface area contributed by atoms with Crippen molar-refractivity contribution in [3.63, 3.8) is 0 Å². The van der Waals surface area contributed by atoms with Crippen molar-refractivity contribution in [2.45, 2.75) is 6.92 Å². The van der Waals surface area contributed by atoms with Gasteiger partial charge in [-0.15, -0.1) is 11.3 Å². The summed E-state index contributed by atoms with van der Waals surface area (Å²) in [7, 11) is 1.33.